The van der Waals surface area contributed by atoms with Crippen molar-refractivity contribution in [3.63, 3.8) is 0 Å². The molecule has 17 heavy (non-hydrogen) atoms. The SMILES string of the molecule is CC1(C)CCN(c2ncc(F)cc2CCl)CC1. The van der Waals surface area contributed by atoms with Crippen LogP contribution in [0.2, 0.25) is 0 Å². The second kappa shape index (κ2) is 4.81. The van der Waals surface area contributed by atoms with Crippen molar-refractivity contribution < 1.29 is 4.39 Å². The molecule has 4 heteroatoms. The average molecular weight is 257 g/mol. The molecule has 0 aliphatic carbocycles. The summed E-state index contributed by atoms with van der Waals surface area (Å²) in [6, 6.07) is 1.48. The van der Waals surface area contributed by atoms with E-state index in [-0.39, 0.29) is 5.82 Å². The van der Waals surface area contributed by atoms with E-state index in [4.69, 9.17) is 11.6 Å². The van der Waals surface area contributed by atoms with Gasteiger partial charge in [0.05, 0.1) is 12.1 Å². The molecule has 2 heterocycles. The monoisotopic (exact) mass is 256 g/mol. The van der Waals surface area contributed by atoms with Crippen LogP contribution in [0, 0.1) is 11.2 Å². The molecule has 2 rings (SSSR count). The molecule has 1 saturated heterocycles. The van der Waals surface area contributed by atoms with Gasteiger partial charge in [-0.3, -0.25) is 0 Å². The molecule has 0 aromatic carbocycles. The quantitative estimate of drug-likeness (QED) is 0.752. The molecule has 0 amide bonds. The minimum atomic E-state index is -0.318. The minimum absolute atomic E-state index is 0.306. The molecule has 0 N–H and O–H groups in total. The van der Waals surface area contributed by atoms with Crippen LogP contribution >= 0.6 is 11.6 Å². The number of hydrogen-bond acceptors (Lipinski definition) is 2. The van der Waals surface area contributed by atoms with Gasteiger partial charge >= 0.3 is 0 Å². The van der Waals surface area contributed by atoms with Crippen molar-refractivity contribution in [3.8, 4) is 0 Å². The second-order valence-corrected chi connectivity index (χ2v) is 5.69. The zero-order chi connectivity index (χ0) is 12.5. The maximum Gasteiger partial charge on any atom is 0.141 e. The van der Waals surface area contributed by atoms with Crippen molar-refractivity contribution in [1.82, 2.24) is 4.98 Å². The average Bonchev–Trinajstić information content (AvgIpc) is 2.29. The zero-order valence-electron chi connectivity index (χ0n) is 10.3. The highest BCUT2D eigenvalue weighted by Gasteiger charge is 2.26. The summed E-state index contributed by atoms with van der Waals surface area (Å²) >= 11 is 5.85. The number of anilines is 1. The summed E-state index contributed by atoms with van der Waals surface area (Å²) in [6.07, 6.45) is 3.53. The summed E-state index contributed by atoms with van der Waals surface area (Å²) in [7, 11) is 0. The third-order valence-electron chi connectivity index (χ3n) is 3.47. The number of hydrogen-bond donors (Lipinski definition) is 0. The lowest BCUT2D eigenvalue weighted by atomic mass is 9.82. The fourth-order valence-corrected chi connectivity index (χ4v) is 2.38. The fraction of sp³-hybridized carbons (Fsp3) is 0.615. The van der Waals surface area contributed by atoms with Crippen LogP contribution in [0.1, 0.15) is 32.3 Å². The molecule has 1 aliphatic rings. The van der Waals surface area contributed by atoms with Crippen LogP contribution in [-0.4, -0.2) is 18.1 Å². The summed E-state index contributed by atoms with van der Waals surface area (Å²) in [5, 5.41) is 0. The fourth-order valence-electron chi connectivity index (χ4n) is 2.18. The molecule has 0 atom stereocenters. The van der Waals surface area contributed by atoms with E-state index in [2.05, 4.69) is 23.7 Å². The zero-order valence-corrected chi connectivity index (χ0v) is 11.1. The van der Waals surface area contributed by atoms with E-state index >= 15 is 0 Å². The van der Waals surface area contributed by atoms with E-state index in [0.717, 1.165) is 37.3 Å². The number of aromatic nitrogens is 1. The Balaban J connectivity index is 2.18. The van der Waals surface area contributed by atoms with Crippen LogP contribution in [0.15, 0.2) is 12.3 Å². The van der Waals surface area contributed by atoms with Crippen molar-refractivity contribution >= 4 is 17.4 Å². The molecule has 0 bridgehead atoms. The second-order valence-electron chi connectivity index (χ2n) is 5.42. The predicted octanol–water partition coefficient (Wildman–Crippen LogP) is 3.59. The Kier molecular flexibility index (Phi) is 3.57. The third-order valence-corrected chi connectivity index (χ3v) is 3.76. The Morgan fingerprint density at radius 2 is 2.06 bits per heavy atom. The smallest absolute Gasteiger partial charge is 0.141 e. The molecule has 94 valence electrons. The summed E-state index contributed by atoms with van der Waals surface area (Å²) < 4.78 is 13.1. The van der Waals surface area contributed by atoms with Gasteiger partial charge in [0.25, 0.3) is 0 Å². The van der Waals surface area contributed by atoms with Gasteiger partial charge in [0.2, 0.25) is 0 Å². The first-order chi connectivity index (χ1) is 8.02. The number of halogens is 2. The van der Waals surface area contributed by atoms with Gasteiger partial charge in [-0.1, -0.05) is 13.8 Å². The van der Waals surface area contributed by atoms with Crippen LogP contribution in [0.4, 0.5) is 10.2 Å². The van der Waals surface area contributed by atoms with Crippen molar-refractivity contribution in [3.05, 3.63) is 23.6 Å². The summed E-state index contributed by atoms with van der Waals surface area (Å²) in [4.78, 5) is 6.40. The molecule has 2 nitrogen and oxygen atoms in total. The minimum Gasteiger partial charge on any atom is -0.356 e. The molecule has 1 aliphatic heterocycles. The molecule has 1 aromatic rings. The summed E-state index contributed by atoms with van der Waals surface area (Å²) in [6.45, 7) is 6.50. The van der Waals surface area contributed by atoms with Crippen molar-refractivity contribution in [2.75, 3.05) is 18.0 Å². The molecule has 1 fully saturated rings. The molecule has 0 radical (unpaired) electrons. The Morgan fingerprint density at radius 3 is 2.65 bits per heavy atom. The molecule has 1 aromatic heterocycles. The van der Waals surface area contributed by atoms with E-state index in [9.17, 15) is 4.39 Å². The summed E-state index contributed by atoms with van der Waals surface area (Å²) in [5.41, 5.74) is 1.18. The van der Waals surface area contributed by atoms with Crippen molar-refractivity contribution in [2.45, 2.75) is 32.6 Å². The third kappa shape index (κ3) is 2.89. The van der Waals surface area contributed by atoms with E-state index in [1.165, 1.54) is 12.3 Å². The number of piperidine rings is 1. The first kappa shape index (κ1) is 12.6. The Labute approximate surface area is 107 Å². The van der Waals surface area contributed by atoms with Crippen LogP contribution in [-0.2, 0) is 5.88 Å². The Morgan fingerprint density at radius 1 is 1.41 bits per heavy atom. The molecule has 0 unspecified atom stereocenters. The lowest BCUT2D eigenvalue weighted by molar-refractivity contribution is 0.279. The molecule has 0 spiro atoms. The van der Waals surface area contributed by atoms with Gasteiger partial charge in [-0.2, -0.15) is 0 Å². The summed E-state index contributed by atoms with van der Waals surface area (Å²) in [5.74, 6) is 0.832. The van der Waals surface area contributed by atoms with E-state index in [1.54, 1.807) is 0 Å². The van der Waals surface area contributed by atoms with Gasteiger partial charge < -0.3 is 4.90 Å². The highest BCUT2D eigenvalue weighted by atomic mass is 35.5. The largest absolute Gasteiger partial charge is 0.356 e. The van der Waals surface area contributed by atoms with Crippen molar-refractivity contribution in [2.24, 2.45) is 5.41 Å². The Hall–Kier alpha value is -0.830. The Bertz CT molecular complexity index is 396. The highest BCUT2D eigenvalue weighted by molar-refractivity contribution is 6.17. The van der Waals surface area contributed by atoms with Gasteiger partial charge in [0, 0.05) is 18.7 Å². The van der Waals surface area contributed by atoms with E-state index in [0.29, 0.717) is 11.3 Å². The number of alkyl halides is 1. The van der Waals surface area contributed by atoms with Crippen molar-refractivity contribution in [1.29, 1.82) is 0 Å². The lowest BCUT2D eigenvalue weighted by Crippen LogP contribution is -2.38. The van der Waals surface area contributed by atoms with Crippen LogP contribution in [0.3, 0.4) is 0 Å². The van der Waals surface area contributed by atoms with E-state index in [1.807, 2.05) is 0 Å². The van der Waals surface area contributed by atoms with Crippen LogP contribution < -0.4 is 4.90 Å². The van der Waals surface area contributed by atoms with Gasteiger partial charge in [-0.05, 0) is 24.3 Å². The normalized spacial score (nSPS) is 19.4. The number of rotatable bonds is 2. The topological polar surface area (TPSA) is 16.1 Å². The van der Waals surface area contributed by atoms with Crippen LogP contribution in [0.25, 0.3) is 0 Å². The standard InChI is InChI=1S/C13H18ClFN2/c1-13(2)3-5-17(6-4-13)12-10(8-14)7-11(15)9-16-12/h7,9H,3-6,8H2,1-2H3. The maximum atomic E-state index is 13.1. The maximum absolute atomic E-state index is 13.1. The van der Waals surface area contributed by atoms with Gasteiger partial charge in [0.15, 0.2) is 0 Å². The molecular formula is C13H18ClFN2. The number of pyridine rings is 1. The van der Waals surface area contributed by atoms with Gasteiger partial charge in [-0.25, -0.2) is 9.37 Å². The van der Waals surface area contributed by atoms with Crippen LogP contribution in [0.5, 0.6) is 0 Å². The first-order valence-corrected chi connectivity index (χ1v) is 6.51. The van der Waals surface area contributed by atoms with E-state index < -0.39 is 0 Å². The first-order valence-electron chi connectivity index (χ1n) is 5.97. The molecular weight excluding hydrogens is 239 g/mol. The van der Waals surface area contributed by atoms with Gasteiger partial charge in [0.1, 0.15) is 11.6 Å². The highest BCUT2D eigenvalue weighted by Crippen LogP contribution is 2.32. The molecule has 0 saturated carbocycles. The lowest BCUT2D eigenvalue weighted by Gasteiger charge is -2.38. The number of nitrogens with zero attached hydrogens (tertiary/aromatic N) is 2. The predicted molar refractivity (Wildman–Crippen MR) is 69.0 cm³/mol. The van der Waals surface area contributed by atoms with Gasteiger partial charge in [-0.15, -0.1) is 11.6 Å².